The van der Waals surface area contributed by atoms with Crippen molar-refractivity contribution in [1.29, 1.82) is 0 Å². The number of hydrogen-bond acceptors (Lipinski definition) is 4. The maximum absolute atomic E-state index is 12.6. The summed E-state index contributed by atoms with van der Waals surface area (Å²) in [4.78, 5) is 11.1. The van der Waals surface area contributed by atoms with Crippen LogP contribution in [0.25, 0.3) is 0 Å². The molecule has 0 aliphatic heterocycles. The average molecular weight is 356 g/mol. The lowest BCUT2D eigenvalue weighted by Crippen LogP contribution is -2.56. The highest BCUT2D eigenvalue weighted by molar-refractivity contribution is 6.53. The van der Waals surface area contributed by atoms with Crippen LogP contribution in [0.2, 0.25) is 0 Å². The first-order chi connectivity index (χ1) is 11.0. The van der Waals surface area contributed by atoms with Crippen molar-refractivity contribution >= 4 is 29.0 Å². The van der Waals surface area contributed by atoms with Crippen LogP contribution in [0, 0.1) is 0 Å². The molecule has 0 bridgehead atoms. The van der Waals surface area contributed by atoms with Crippen LogP contribution >= 0.6 is 23.2 Å². The first-order valence-electron chi connectivity index (χ1n) is 7.09. The zero-order valence-electron chi connectivity index (χ0n) is 13.1. The van der Waals surface area contributed by atoms with Gasteiger partial charge in [0.05, 0.1) is 5.70 Å². The number of methoxy groups -OCH3 is 2. The molecule has 6 heteroatoms. The number of alkyl halides is 1. The number of carbonyl (C=O) groups excluding carboxylic acids is 1. The highest BCUT2D eigenvalue weighted by Gasteiger charge is 2.65. The van der Waals surface area contributed by atoms with E-state index in [9.17, 15) is 4.79 Å². The van der Waals surface area contributed by atoms with Gasteiger partial charge in [0.1, 0.15) is 5.03 Å². The predicted molar refractivity (Wildman–Crippen MR) is 91.3 cm³/mol. The van der Waals surface area contributed by atoms with Crippen molar-refractivity contribution in [2.75, 3.05) is 14.2 Å². The largest absolute Gasteiger partial charge is 0.379 e. The third-order valence-corrected chi connectivity index (χ3v) is 4.88. The zero-order valence-corrected chi connectivity index (χ0v) is 14.6. The number of halogens is 2. The Bertz CT molecular complexity index is 626. The molecule has 0 spiro atoms. The van der Waals surface area contributed by atoms with E-state index in [1.807, 2.05) is 30.3 Å². The molecule has 4 nitrogen and oxygen atoms in total. The number of ketones is 1. The van der Waals surface area contributed by atoms with Crippen LogP contribution in [-0.2, 0) is 20.8 Å². The molecule has 1 N–H and O–H groups in total. The normalized spacial score (nSPS) is 23.2. The molecule has 0 saturated carbocycles. The van der Waals surface area contributed by atoms with Gasteiger partial charge >= 0.3 is 0 Å². The van der Waals surface area contributed by atoms with Gasteiger partial charge in [0.2, 0.25) is 11.6 Å². The molecule has 1 aromatic rings. The van der Waals surface area contributed by atoms with E-state index in [2.05, 4.69) is 11.9 Å². The fraction of sp³-hybridized carbons (Fsp3) is 0.353. The Morgan fingerprint density at radius 3 is 2.39 bits per heavy atom. The van der Waals surface area contributed by atoms with Crippen molar-refractivity contribution in [1.82, 2.24) is 5.32 Å². The summed E-state index contributed by atoms with van der Waals surface area (Å²) >= 11 is 12.8. The molecule has 0 heterocycles. The first-order valence-corrected chi connectivity index (χ1v) is 7.85. The summed E-state index contributed by atoms with van der Waals surface area (Å²) in [6, 6.07) is 9.69. The van der Waals surface area contributed by atoms with Crippen LogP contribution in [0.15, 0.2) is 53.7 Å². The van der Waals surface area contributed by atoms with Crippen molar-refractivity contribution in [2.24, 2.45) is 0 Å². The second-order valence-electron chi connectivity index (χ2n) is 5.18. The van der Waals surface area contributed by atoms with Crippen molar-refractivity contribution in [3.05, 3.63) is 59.3 Å². The fourth-order valence-electron chi connectivity index (χ4n) is 2.80. The van der Waals surface area contributed by atoms with Crippen molar-refractivity contribution in [3.8, 4) is 0 Å². The molecule has 124 valence electrons. The van der Waals surface area contributed by atoms with Crippen LogP contribution < -0.4 is 5.32 Å². The van der Waals surface area contributed by atoms with E-state index in [4.69, 9.17) is 32.7 Å². The van der Waals surface area contributed by atoms with E-state index in [1.54, 1.807) is 6.08 Å². The Morgan fingerprint density at radius 2 is 1.87 bits per heavy atom. The summed E-state index contributed by atoms with van der Waals surface area (Å²) in [6.45, 7) is 4.11. The number of nitrogens with one attached hydrogen (secondary N) is 1. The smallest absolute Gasteiger partial charge is 0.238 e. The Hall–Kier alpha value is -1.33. The van der Waals surface area contributed by atoms with Gasteiger partial charge in [-0.15, -0.1) is 18.2 Å². The van der Waals surface area contributed by atoms with Gasteiger partial charge in [-0.2, -0.15) is 0 Å². The average Bonchev–Trinajstić information content (AvgIpc) is 2.73. The molecular weight excluding hydrogens is 337 g/mol. The maximum atomic E-state index is 12.6. The van der Waals surface area contributed by atoms with E-state index in [-0.39, 0.29) is 11.5 Å². The molecule has 23 heavy (non-hydrogen) atoms. The summed E-state index contributed by atoms with van der Waals surface area (Å²) < 4.78 is 11.1. The van der Waals surface area contributed by atoms with Crippen LogP contribution in [0.1, 0.15) is 12.0 Å². The minimum absolute atomic E-state index is 0.0125. The molecule has 1 atom stereocenters. The van der Waals surface area contributed by atoms with Gasteiger partial charge in [-0.05, 0) is 12.0 Å². The van der Waals surface area contributed by atoms with Crippen LogP contribution in [0.3, 0.4) is 0 Å². The second-order valence-corrected chi connectivity index (χ2v) is 6.20. The molecule has 0 amide bonds. The number of benzene rings is 1. The molecule has 2 rings (SSSR count). The highest BCUT2D eigenvalue weighted by atomic mass is 35.5. The number of Topliss-reactive ketones (excluding diaryl/α,β-unsaturated/α-hetero) is 1. The molecule has 1 aromatic carbocycles. The monoisotopic (exact) mass is 355 g/mol. The van der Waals surface area contributed by atoms with Crippen LogP contribution in [-0.4, -0.2) is 30.7 Å². The Balaban J connectivity index is 2.39. The standard InChI is InChI=1S/C17H19Cl2NO3/c1-4-10-16(19)15(21)13(18)14(17(16,22-2)23-3)20-11-12-8-6-5-7-9-12/h4-9,20H,1,10-11H2,2-3H3/t16-/m1/s1. The van der Waals surface area contributed by atoms with Gasteiger partial charge in [-0.25, -0.2) is 0 Å². The van der Waals surface area contributed by atoms with Gasteiger partial charge in [-0.1, -0.05) is 48.0 Å². The fourth-order valence-corrected chi connectivity index (χ4v) is 3.65. The maximum Gasteiger partial charge on any atom is 0.238 e. The summed E-state index contributed by atoms with van der Waals surface area (Å²) in [7, 11) is 2.85. The third-order valence-electron chi connectivity index (χ3n) is 3.94. The summed E-state index contributed by atoms with van der Waals surface area (Å²) in [6.07, 6.45) is 1.70. The van der Waals surface area contributed by atoms with E-state index in [0.717, 1.165) is 5.56 Å². The highest BCUT2D eigenvalue weighted by Crippen LogP contribution is 2.50. The van der Waals surface area contributed by atoms with Gasteiger partial charge in [0.25, 0.3) is 0 Å². The van der Waals surface area contributed by atoms with Crippen molar-refractivity contribution in [2.45, 2.75) is 23.6 Å². The second kappa shape index (κ2) is 7.05. The Morgan fingerprint density at radius 1 is 1.26 bits per heavy atom. The molecular formula is C17H19Cl2NO3. The minimum Gasteiger partial charge on any atom is -0.379 e. The zero-order chi connectivity index (χ0) is 17.1. The van der Waals surface area contributed by atoms with Gasteiger partial charge in [0, 0.05) is 20.8 Å². The SMILES string of the molecule is C=CC[C@@]1(Cl)C(=O)C(Cl)=C(NCc2ccccc2)C1(OC)OC. The molecule has 0 unspecified atom stereocenters. The molecule has 0 fully saturated rings. The third kappa shape index (κ3) is 2.81. The van der Waals surface area contributed by atoms with Crippen LogP contribution in [0.4, 0.5) is 0 Å². The summed E-state index contributed by atoms with van der Waals surface area (Å²) in [5, 5.41) is 3.13. The van der Waals surface area contributed by atoms with E-state index in [0.29, 0.717) is 12.2 Å². The van der Waals surface area contributed by atoms with E-state index in [1.165, 1.54) is 14.2 Å². The molecule has 0 saturated heterocycles. The lowest BCUT2D eigenvalue weighted by molar-refractivity contribution is -0.199. The van der Waals surface area contributed by atoms with Crippen molar-refractivity contribution in [3.63, 3.8) is 0 Å². The molecule has 0 radical (unpaired) electrons. The molecule has 1 aliphatic rings. The van der Waals surface area contributed by atoms with Gasteiger partial charge < -0.3 is 14.8 Å². The molecule has 1 aliphatic carbocycles. The molecule has 0 aromatic heterocycles. The first kappa shape index (κ1) is 18.0. The Kier molecular flexibility index (Phi) is 5.53. The van der Waals surface area contributed by atoms with Gasteiger partial charge in [0.15, 0.2) is 4.87 Å². The van der Waals surface area contributed by atoms with Crippen LogP contribution in [0.5, 0.6) is 0 Å². The topological polar surface area (TPSA) is 47.6 Å². The van der Waals surface area contributed by atoms with Crippen molar-refractivity contribution < 1.29 is 14.3 Å². The number of ether oxygens (including phenoxy) is 2. The Labute approximate surface area is 146 Å². The predicted octanol–water partition coefficient (Wildman–Crippen LogP) is 3.35. The lowest BCUT2D eigenvalue weighted by atomic mass is 9.93. The number of allylic oxidation sites excluding steroid dienone is 2. The number of hydrogen-bond donors (Lipinski definition) is 1. The lowest BCUT2D eigenvalue weighted by Gasteiger charge is -2.39. The number of rotatable bonds is 7. The summed E-state index contributed by atoms with van der Waals surface area (Å²) in [5.74, 6) is -1.94. The quantitative estimate of drug-likeness (QED) is 0.462. The van der Waals surface area contributed by atoms with E-state index < -0.39 is 16.4 Å². The van der Waals surface area contributed by atoms with Gasteiger partial charge in [-0.3, -0.25) is 4.79 Å². The van der Waals surface area contributed by atoms with E-state index >= 15 is 0 Å². The minimum atomic E-state index is -1.49. The number of carbonyl (C=O) groups is 1. The summed E-state index contributed by atoms with van der Waals surface area (Å²) in [5.41, 5.74) is 1.35.